The summed E-state index contributed by atoms with van der Waals surface area (Å²) in [6.45, 7) is 4.63. The number of halogens is 2. The molecule has 2 heterocycles. The normalized spacial score (nSPS) is 21.3. The summed E-state index contributed by atoms with van der Waals surface area (Å²) >= 11 is 0. The van der Waals surface area contributed by atoms with Crippen LogP contribution in [0.5, 0.6) is 5.75 Å². The fourth-order valence-electron chi connectivity index (χ4n) is 4.84. The van der Waals surface area contributed by atoms with Gasteiger partial charge in [0.15, 0.2) is 0 Å². The number of alkyl halides is 2. The first-order chi connectivity index (χ1) is 16.7. The fourth-order valence-corrected chi connectivity index (χ4v) is 4.84. The van der Waals surface area contributed by atoms with Gasteiger partial charge in [0.2, 0.25) is 0 Å². The second-order valence-corrected chi connectivity index (χ2v) is 9.76. The summed E-state index contributed by atoms with van der Waals surface area (Å²) in [6, 6.07) is 5.28. The molecule has 10 heteroatoms. The fraction of sp³-hybridized carbons (Fsp3) is 0.640. The zero-order valence-electron chi connectivity index (χ0n) is 20.3. The number of nitrogens with one attached hydrogen (secondary N) is 1. The Kier molecular flexibility index (Phi) is 7.88. The number of benzene rings is 1. The van der Waals surface area contributed by atoms with Crippen LogP contribution in [0.15, 0.2) is 22.7 Å². The molecule has 2 unspecified atom stereocenters. The number of nitrogens with zero attached hydrogens (tertiary/aromatic N) is 3. The number of carbonyl (C=O) groups excluding carboxylic acids is 1. The van der Waals surface area contributed by atoms with Gasteiger partial charge in [0, 0.05) is 25.6 Å². The second kappa shape index (κ2) is 10.9. The third kappa shape index (κ3) is 6.48. The first kappa shape index (κ1) is 25.3. The third-order valence-corrected chi connectivity index (χ3v) is 6.95. The van der Waals surface area contributed by atoms with E-state index in [0.717, 1.165) is 63.2 Å². The number of amides is 1. The molecule has 1 aliphatic carbocycles. The van der Waals surface area contributed by atoms with Crippen LogP contribution in [0.25, 0.3) is 0 Å². The Morgan fingerprint density at radius 3 is 2.69 bits per heavy atom. The van der Waals surface area contributed by atoms with Crippen LogP contribution in [0, 0.1) is 12.8 Å². The molecule has 1 aromatic heterocycles. The minimum Gasteiger partial charge on any atom is -0.494 e. The van der Waals surface area contributed by atoms with Gasteiger partial charge in [-0.2, -0.15) is 13.8 Å². The Balaban J connectivity index is 1.17. The molecule has 0 spiro atoms. The van der Waals surface area contributed by atoms with Crippen LogP contribution in [-0.4, -0.2) is 53.0 Å². The number of anilines is 1. The van der Waals surface area contributed by atoms with Crippen LogP contribution in [0.3, 0.4) is 0 Å². The number of ether oxygens (including phenoxy) is 1. The van der Waals surface area contributed by atoms with Crippen molar-refractivity contribution >= 4 is 11.9 Å². The molecule has 1 saturated heterocycles. The van der Waals surface area contributed by atoms with Gasteiger partial charge in [-0.05, 0) is 86.7 Å². The Labute approximate surface area is 204 Å². The maximum atomic E-state index is 13.3. The summed E-state index contributed by atoms with van der Waals surface area (Å²) in [6.07, 6.45) is 5.79. The molecule has 2 aliphatic rings. The van der Waals surface area contributed by atoms with E-state index in [1.807, 2.05) is 24.0 Å². The standard InChI is InChI=1S/C25H34F2N4O4/c1-16-15-18(8-9-19(16)22(33)28-20-6-3-7-21(20)32)34-14-4-5-17-10-12-31(13-11-17)24-29-23(35-30-24)25(2,26)27/h8-9,15,17,20-21,32H,3-7,10-14H2,1-2H3,(H,28,33). The lowest BCUT2D eigenvalue weighted by Crippen LogP contribution is -2.40. The summed E-state index contributed by atoms with van der Waals surface area (Å²) in [5, 5.41) is 16.6. The molecule has 2 aromatic rings. The van der Waals surface area contributed by atoms with E-state index in [0.29, 0.717) is 31.2 Å². The molecule has 192 valence electrons. The van der Waals surface area contributed by atoms with Gasteiger partial charge in [-0.1, -0.05) is 0 Å². The lowest BCUT2D eigenvalue weighted by atomic mass is 9.92. The van der Waals surface area contributed by atoms with Crippen LogP contribution >= 0.6 is 0 Å². The SMILES string of the molecule is Cc1cc(OCCCC2CCN(c3noc(C(C)(F)F)n3)CC2)ccc1C(=O)NC1CCCC1O. The van der Waals surface area contributed by atoms with E-state index in [1.165, 1.54) is 0 Å². The van der Waals surface area contributed by atoms with Crippen molar-refractivity contribution < 1.29 is 27.9 Å². The molecule has 0 radical (unpaired) electrons. The van der Waals surface area contributed by atoms with E-state index in [2.05, 4.69) is 15.5 Å². The average Bonchev–Trinajstić information content (AvgIpc) is 3.47. The van der Waals surface area contributed by atoms with Gasteiger partial charge in [-0.25, -0.2) is 0 Å². The molecule has 2 fully saturated rings. The van der Waals surface area contributed by atoms with E-state index in [-0.39, 0.29) is 17.9 Å². The van der Waals surface area contributed by atoms with Crippen molar-refractivity contribution in [2.45, 2.75) is 76.9 Å². The highest BCUT2D eigenvalue weighted by Gasteiger charge is 2.33. The maximum absolute atomic E-state index is 13.3. The van der Waals surface area contributed by atoms with Crippen molar-refractivity contribution in [2.24, 2.45) is 5.92 Å². The van der Waals surface area contributed by atoms with Crippen molar-refractivity contribution in [3.63, 3.8) is 0 Å². The van der Waals surface area contributed by atoms with Crippen LogP contribution < -0.4 is 15.0 Å². The number of aliphatic hydroxyl groups excluding tert-OH is 1. The van der Waals surface area contributed by atoms with Gasteiger partial charge in [-0.3, -0.25) is 4.79 Å². The topological polar surface area (TPSA) is 101 Å². The predicted octanol–water partition coefficient (Wildman–Crippen LogP) is 4.21. The molecule has 1 saturated carbocycles. The van der Waals surface area contributed by atoms with E-state index in [9.17, 15) is 18.7 Å². The molecule has 2 atom stereocenters. The Bertz CT molecular complexity index is 1000. The summed E-state index contributed by atoms with van der Waals surface area (Å²) in [4.78, 5) is 18.3. The largest absolute Gasteiger partial charge is 0.494 e. The van der Waals surface area contributed by atoms with E-state index in [4.69, 9.17) is 9.26 Å². The number of aryl methyl sites for hydroxylation is 1. The zero-order chi connectivity index (χ0) is 25.0. The highest BCUT2D eigenvalue weighted by molar-refractivity contribution is 5.96. The van der Waals surface area contributed by atoms with Crippen molar-refractivity contribution in [3.05, 3.63) is 35.2 Å². The Hall–Kier alpha value is -2.75. The highest BCUT2D eigenvalue weighted by Crippen LogP contribution is 2.29. The van der Waals surface area contributed by atoms with Crippen molar-refractivity contribution in [3.8, 4) is 5.75 Å². The lowest BCUT2D eigenvalue weighted by molar-refractivity contribution is -0.0158. The molecule has 1 amide bonds. The molecular weight excluding hydrogens is 458 g/mol. The minimum atomic E-state index is -3.13. The van der Waals surface area contributed by atoms with E-state index < -0.39 is 17.9 Å². The zero-order valence-corrected chi connectivity index (χ0v) is 20.3. The van der Waals surface area contributed by atoms with Gasteiger partial charge in [0.1, 0.15) is 5.75 Å². The predicted molar refractivity (Wildman–Crippen MR) is 126 cm³/mol. The molecule has 4 rings (SSSR count). The highest BCUT2D eigenvalue weighted by atomic mass is 19.3. The number of rotatable bonds is 9. The minimum absolute atomic E-state index is 0.160. The van der Waals surface area contributed by atoms with Crippen molar-refractivity contribution in [2.75, 3.05) is 24.6 Å². The lowest BCUT2D eigenvalue weighted by Gasteiger charge is -2.30. The van der Waals surface area contributed by atoms with Crippen LogP contribution in [0.1, 0.15) is 73.7 Å². The Morgan fingerprint density at radius 2 is 2.06 bits per heavy atom. The van der Waals surface area contributed by atoms with Crippen LogP contribution in [-0.2, 0) is 5.92 Å². The summed E-state index contributed by atoms with van der Waals surface area (Å²) < 4.78 is 37.2. The molecule has 0 bridgehead atoms. The van der Waals surface area contributed by atoms with Crippen molar-refractivity contribution in [1.82, 2.24) is 15.5 Å². The number of hydrogen-bond donors (Lipinski definition) is 2. The van der Waals surface area contributed by atoms with Crippen molar-refractivity contribution in [1.29, 1.82) is 0 Å². The third-order valence-electron chi connectivity index (χ3n) is 6.95. The summed E-state index contributed by atoms with van der Waals surface area (Å²) in [7, 11) is 0. The molecular formula is C25H34F2N4O4. The molecule has 1 aliphatic heterocycles. The van der Waals surface area contributed by atoms with Gasteiger partial charge in [0.05, 0.1) is 18.8 Å². The second-order valence-electron chi connectivity index (χ2n) is 9.76. The van der Waals surface area contributed by atoms with E-state index >= 15 is 0 Å². The Morgan fingerprint density at radius 1 is 1.29 bits per heavy atom. The number of aromatic nitrogens is 2. The number of hydrogen-bond acceptors (Lipinski definition) is 7. The summed E-state index contributed by atoms with van der Waals surface area (Å²) in [5.74, 6) is -2.44. The molecule has 2 N–H and O–H groups in total. The van der Waals surface area contributed by atoms with Gasteiger partial charge < -0.3 is 24.6 Å². The smallest absolute Gasteiger partial charge is 0.322 e. The monoisotopic (exact) mass is 492 g/mol. The quantitative estimate of drug-likeness (QED) is 0.506. The number of carbonyl (C=O) groups is 1. The molecule has 1 aromatic carbocycles. The number of aliphatic hydroxyl groups is 1. The summed E-state index contributed by atoms with van der Waals surface area (Å²) in [5.41, 5.74) is 1.44. The first-order valence-electron chi connectivity index (χ1n) is 12.4. The van der Waals surface area contributed by atoms with Gasteiger partial charge >= 0.3 is 5.92 Å². The molecule has 8 nitrogen and oxygen atoms in total. The van der Waals surface area contributed by atoms with Crippen LogP contribution in [0.4, 0.5) is 14.7 Å². The van der Waals surface area contributed by atoms with Gasteiger partial charge in [-0.15, -0.1) is 0 Å². The average molecular weight is 493 g/mol. The molecule has 35 heavy (non-hydrogen) atoms. The first-order valence-corrected chi connectivity index (χ1v) is 12.4. The van der Waals surface area contributed by atoms with E-state index in [1.54, 1.807) is 6.07 Å². The van der Waals surface area contributed by atoms with Crippen LogP contribution in [0.2, 0.25) is 0 Å². The maximum Gasteiger partial charge on any atom is 0.322 e. The number of piperidine rings is 1. The van der Waals surface area contributed by atoms with Gasteiger partial charge in [0.25, 0.3) is 17.7 Å².